The minimum atomic E-state index is -0.309. The summed E-state index contributed by atoms with van der Waals surface area (Å²) in [6, 6.07) is 5.03. The minimum absolute atomic E-state index is 0.0979. The van der Waals surface area contributed by atoms with E-state index in [1.165, 1.54) is 0 Å². The van der Waals surface area contributed by atoms with Crippen molar-refractivity contribution in [2.75, 3.05) is 25.1 Å². The van der Waals surface area contributed by atoms with Crippen LogP contribution >= 0.6 is 11.6 Å². The number of carbonyl (C=O) groups excluding carboxylic acids is 1. The summed E-state index contributed by atoms with van der Waals surface area (Å²) in [5.41, 5.74) is 1.63. The Kier molecular flexibility index (Phi) is 5.23. The van der Waals surface area contributed by atoms with Crippen LogP contribution in [0.3, 0.4) is 0 Å². The molecule has 0 bridgehead atoms. The van der Waals surface area contributed by atoms with Crippen LogP contribution < -0.4 is 10.6 Å². The molecule has 1 fully saturated rings. The lowest BCUT2D eigenvalue weighted by Crippen LogP contribution is -2.45. The minimum Gasteiger partial charge on any atom is -0.376 e. The maximum Gasteiger partial charge on any atom is 0.319 e. The van der Waals surface area contributed by atoms with Crippen molar-refractivity contribution >= 4 is 23.3 Å². The molecule has 2 N–H and O–H groups in total. The van der Waals surface area contributed by atoms with Crippen molar-refractivity contribution in [2.45, 2.75) is 26.0 Å². The van der Waals surface area contributed by atoms with Crippen molar-refractivity contribution in [3.05, 3.63) is 28.8 Å². The van der Waals surface area contributed by atoms with E-state index in [9.17, 15) is 4.79 Å². The Morgan fingerprint density at radius 1 is 1.50 bits per heavy atom. The average molecular weight is 299 g/mol. The molecule has 20 heavy (non-hydrogen) atoms. The van der Waals surface area contributed by atoms with Crippen LogP contribution in [-0.4, -0.2) is 38.0 Å². The van der Waals surface area contributed by atoms with Crippen LogP contribution in [0.25, 0.3) is 0 Å². The Bertz CT molecular complexity index is 481. The van der Waals surface area contributed by atoms with Gasteiger partial charge < -0.3 is 20.1 Å². The van der Waals surface area contributed by atoms with Crippen molar-refractivity contribution < 1.29 is 14.3 Å². The molecule has 0 aromatic heterocycles. The molecule has 6 heteroatoms. The van der Waals surface area contributed by atoms with Gasteiger partial charge in [0.2, 0.25) is 0 Å². The van der Waals surface area contributed by atoms with Crippen LogP contribution in [0, 0.1) is 6.92 Å². The number of hydrogen-bond donors (Lipinski definition) is 2. The molecule has 2 atom stereocenters. The summed E-state index contributed by atoms with van der Waals surface area (Å²) >= 11 is 6.08. The number of halogens is 1. The molecule has 110 valence electrons. The number of nitrogens with one attached hydrogen (secondary N) is 2. The average Bonchev–Trinajstić information content (AvgIpc) is 2.81. The third-order valence-electron chi connectivity index (χ3n) is 3.10. The molecule has 0 radical (unpaired) electrons. The Morgan fingerprint density at radius 3 is 3.00 bits per heavy atom. The lowest BCUT2D eigenvalue weighted by molar-refractivity contribution is 0.0428. The zero-order valence-electron chi connectivity index (χ0n) is 11.6. The predicted octanol–water partition coefficient (Wildman–Crippen LogP) is 2.57. The molecule has 2 rings (SSSR count). The van der Waals surface area contributed by atoms with Gasteiger partial charge in [0.05, 0.1) is 30.0 Å². The molecule has 0 unspecified atom stereocenters. The van der Waals surface area contributed by atoms with Gasteiger partial charge in [-0.05, 0) is 31.5 Å². The lowest BCUT2D eigenvalue weighted by Gasteiger charge is -2.19. The predicted molar refractivity (Wildman–Crippen MR) is 78.4 cm³/mol. The zero-order chi connectivity index (χ0) is 14.5. The first-order valence-corrected chi connectivity index (χ1v) is 7.01. The third-order valence-corrected chi connectivity index (χ3v) is 3.41. The van der Waals surface area contributed by atoms with Crippen LogP contribution in [0.1, 0.15) is 12.5 Å². The Morgan fingerprint density at radius 2 is 2.30 bits per heavy atom. The lowest BCUT2D eigenvalue weighted by atomic mass is 10.2. The maximum absolute atomic E-state index is 12.0. The number of rotatable bonds is 4. The van der Waals surface area contributed by atoms with E-state index in [1.807, 2.05) is 19.9 Å². The van der Waals surface area contributed by atoms with Crippen molar-refractivity contribution in [2.24, 2.45) is 0 Å². The standard InChI is InChI=1S/C14H19ClN2O3/c1-3-20-13-8-19-7-12(13)17-14(18)16-11-5-4-9(2)6-10(11)15/h4-6,12-13H,3,7-8H2,1-2H3,(H2,16,17,18)/t12-,13-/m0/s1. The summed E-state index contributed by atoms with van der Waals surface area (Å²) in [4.78, 5) is 12.0. The number of urea groups is 1. The Hall–Kier alpha value is -1.30. The second-order valence-corrected chi connectivity index (χ2v) is 5.13. The van der Waals surface area contributed by atoms with Crippen LogP contribution in [0.5, 0.6) is 0 Å². The van der Waals surface area contributed by atoms with Gasteiger partial charge in [-0.2, -0.15) is 0 Å². The number of ether oxygens (including phenoxy) is 2. The first kappa shape index (κ1) is 15.1. The van der Waals surface area contributed by atoms with Crippen molar-refractivity contribution in [1.82, 2.24) is 5.32 Å². The van der Waals surface area contributed by atoms with Crippen LogP contribution in [0.2, 0.25) is 5.02 Å². The van der Waals surface area contributed by atoms with E-state index < -0.39 is 0 Å². The van der Waals surface area contributed by atoms with Gasteiger partial charge in [0.1, 0.15) is 6.10 Å². The van der Waals surface area contributed by atoms with Gasteiger partial charge in [-0.15, -0.1) is 0 Å². The highest BCUT2D eigenvalue weighted by Gasteiger charge is 2.30. The number of hydrogen-bond acceptors (Lipinski definition) is 3. The number of amides is 2. The second-order valence-electron chi connectivity index (χ2n) is 4.72. The van der Waals surface area contributed by atoms with Gasteiger partial charge in [-0.1, -0.05) is 17.7 Å². The smallest absolute Gasteiger partial charge is 0.319 e. The Labute approximate surface area is 123 Å². The number of anilines is 1. The largest absolute Gasteiger partial charge is 0.376 e. The quantitative estimate of drug-likeness (QED) is 0.898. The van der Waals surface area contributed by atoms with Gasteiger partial charge in [-0.25, -0.2) is 4.79 Å². The van der Waals surface area contributed by atoms with Gasteiger partial charge in [0.25, 0.3) is 0 Å². The monoisotopic (exact) mass is 298 g/mol. The first-order valence-electron chi connectivity index (χ1n) is 6.63. The fraction of sp³-hybridized carbons (Fsp3) is 0.500. The first-order chi connectivity index (χ1) is 9.60. The van der Waals surface area contributed by atoms with Gasteiger partial charge in [0.15, 0.2) is 0 Å². The van der Waals surface area contributed by atoms with E-state index in [1.54, 1.807) is 12.1 Å². The fourth-order valence-corrected chi connectivity index (χ4v) is 2.38. The van der Waals surface area contributed by atoms with Gasteiger partial charge in [0, 0.05) is 6.61 Å². The van der Waals surface area contributed by atoms with E-state index in [0.717, 1.165) is 5.56 Å². The van der Waals surface area contributed by atoms with Crippen LogP contribution in [-0.2, 0) is 9.47 Å². The molecular formula is C14H19ClN2O3. The molecule has 1 aromatic rings. The third kappa shape index (κ3) is 3.85. The summed E-state index contributed by atoms with van der Waals surface area (Å²) in [5.74, 6) is 0. The van der Waals surface area contributed by atoms with E-state index >= 15 is 0 Å². The molecule has 1 aromatic carbocycles. The molecule has 1 aliphatic heterocycles. The van der Waals surface area contributed by atoms with Crippen LogP contribution in [0.4, 0.5) is 10.5 Å². The number of aryl methyl sites for hydroxylation is 1. The molecule has 2 amide bonds. The van der Waals surface area contributed by atoms with Gasteiger partial charge in [-0.3, -0.25) is 0 Å². The Balaban J connectivity index is 1.92. The van der Waals surface area contributed by atoms with Crippen molar-refractivity contribution in [3.8, 4) is 0 Å². The van der Waals surface area contributed by atoms with E-state index in [4.69, 9.17) is 21.1 Å². The van der Waals surface area contributed by atoms with E-state index in [2.05, 4.69) is 10.6 Å². The SMILES string of the molecule is CCO[C@H]1COC[C@@H]1NC(=O)Nc1ccc(C)cc1Cl. The highest BCUT2D eigenvalue weighted by Crippen LogP contribution is 2.22. The summed E-state index contributed by atoms with van der Waals surface area (Å²) in [6.07, 6.45) is -0.0979. The fourth-order valence-electron chi connectivity index (χ4n) is 2.10. The molecule has 0 saturated carbocycles. The molecule has 1 aliphatic rings. The van der Waals surface area contributed by atoms with Crippen molar-refractivity contribution in [3.63, 3.8) is 0 Å². The number of carbonyl (C=O) groups is 1. The maximum atomic E-state index is 12.0. The molecule has 5 nitrogen and oxygen atoms in total. The topological polar surface area (TPSA) is 59.6 Å². The zero-order valence-corrected chi connectivity index (χ0v) is 12.4. The molecule has 1 heterocycles. The normalized spacial score (nSPS) is 21.8. The number of benzene rings is 1. The second kappa shape index (κ2) is 6.92. The molecule has 1 saturated heterocycles. The van der Waals surface area contributed by atoms with Gasteiger partial charge >= 0.3 is 6.03 Å². The molecule has 0 spiro atoms. The van der Waals surface area contributed by atoms with E-state index in [-0.39, 0.29) is 18.2 Å². The summed E-state index contributed by atoms with van der Waals surface area (Å²) in [7, 11) is 0. The summed E-state index contributed by atoms with van der Waals surface area (Å²) < 4.78 is 10.8. The summed E-state index contributed by atoms with van der Waals surface area (Å²) in [5, 5.41) is 6.10. The summed E-state index contributed by atoms with van der Waals surface area (Å²) in [6.45, 7) is 5.42. The van der Waals surface area contributed by atoms with Crippen LogP contribution in [0.15, 0.2) is 18.2 Å². The molecular weight excluding hydrogens is 280 g/mol. The van der Waals surface area contributed by atoms with E-state index in [0.29, 0.717) is 30.5 Å². The highest BCUT2D eigenvalue weighted by molar-refractivity contribution is 6.33. The van der Waals surface area contributed by atoms with Crippen molar-refractivity contribution in [1.29, 1.82) is 0 Å². The molecule has 0 aliphatic carbocycles. The highest BCUT2D eigenvalue weighted by atomic mass is 35.5.